The van der Waals surface area contributed by atoms with Crippen LogP contribution in [0.4, 0.5) is 11.4 Å². The second-order valence-electron chi connectivity index (χ2n) is 5.07. The molecule has 0 radical (unpaired) electrons. The molecule has 3 aromatic rings. The Balaban J connectivity index is 2.01. The molecule has 0 fully saturated rings. The third kappa shape index (κ3) is 2.95. The summed E-state index contributed by atoms with van der Waals surface area (Å²) in [6, 6.07) is 9.91. The van der Waals surface area contributed by atoms with Gasteiger partial charge < -0.3 is 4.98 Å². The first-order chi connectivity index (χ1) is 11.4. The number of non-ortho nitro benzene ring substituents is 2. The van der Waals surface area contributed by atoms with Gasteiger partial charge in [0, 0.05) is 30.7 Å². The number of hydrogen-bond donors (Lipinski definition) is 1. The van der Waals surface area contributed by atoms with E-state index in [1.165, 1.54) is 36.4 Å². The van der Waals surface area contributed by atoms with Gasteiger partial charge in [-0.05, 0) is 11.6 Å². The maximum atomic E-state index is 12.1. The average molecular weight is 326 g/mol. The van der Waals surface area contributed by atoms with Crippen LogP contribution in [-0.2, 0) is 6.42 Å². The predicted octanol–water partition coefficient (Wildman–Crippen LogP) is 2.33. The fourth-order valence-electron chi connectivity index (χ4n) is 2.32. The number of benzene rings is 2. The quantitative estimate of drug-likeness (QED) is 0.578. The molecule has 1 N–H and O–H groups in total. The van der Waals surface area contributed by atoms with Crippen molar-refractivity contribution in [3.05, 3.63) is 84.3 Å². The number of aromatic amines is 1. The Kier molecular flexibility index (Phi) is 3.74. The Morgan fingerprint density at radius 1 is 1.00 bits per heavy atom. The molecule has 0 atom stereocenters. The lowest BCUT2D eigenvalue weighted by Gasteiger charge is -2.03. The molecule has 0 bridgehead atoms. The van der Waals surface area contributed by atoms with Gasteiger partial charge in [-0.15, -0.1) is 0 Å². The number of nitrogens with zero attached hydrogens (tertiary/aromatic N) is 3. The van der Waals surface area contributed by atoms with Gasteiger partial charge in [0.25, 0.3) is 16.9 Å². The summed E-state index contributed by atoms with van der Waals surface area (Å²) in [6.45, 7) is 0. The maximum Gasteiger partial charge on any atom is 0.271 e. The molecule has 1 heterocycles. The first-order valence-corrected chi connectivity index (χ1v) is 6.85. The second-order valence-corrected chi connectivity index (χ2v) is 5.07. The van der Waals surface area contributed by atoms with Gasteiger partial charge in [-0.3, -0.25) is 25.0 Å². The van der Waals surface area contributed by atoms with Crippen LogP contribution in [-0.4, -0.2) is 19.8 Å². The Bertz CT molecular complexity index is 1030. The van der Waals surface area contributed by atoms with E-state index in [-0.39, 0.29) is 29.0 Å². The van der Waals surface area contributed by atoms with Crippen LogP contribution in [0.15, 0.2) is 47.3 Å². The molecule has 0 amide bonds. The van der Waals surface area contributed by atoms with Gasteiger partial charge in [-0.25, -0.2) is 4.98 Å². The first-order valence-electron chi connectivity index (χ1n) is 6.85. The number of nitrogens with one attached hydrogen (secondary N) is 1. The van der Waals surface area contributed by atoms with E-state index in [2.05, 4.69) is 9.97 Å². The second kappa shape index (κ2) is 5.88. The van der Waals surface area contributed by atoms with Crippen molar-refractivity contribution < 1.29 is 9.85 Å². The van der Waals surface area contributed by atoms with Gasteiger partial charge in [0.1, 0.15) is 5.69 Å². The van der Waals surface area contributed by atoms with E-state index in [0.717, 1.165) is 0 Å². The van der Waals surface area contributed by atoms with Crippen LogP contribution in [0.5, 0.6) is 0 Å². The molecular formula is C15H10N4O5. The summed E-state index contributed by atoms with van der Waals surface area (Å²) in [5.74, 6) is 0. The number of nitro benzene ring substituents is 2. The van der Waals surface area contributed by atoms with Gasteiger partial charge in [0.15, 0.2) is 0 Å². The number of fused-ring (bicyclic) bond motifs is 1. The van der Waals surface area contributed by atoms with Crippen LogP contribution in [0, 0.1) is 20.2 Å². The molecule has 0 aliphatic rings. The summed E-state index contributed by atoms with van der Waals surface area (Å²) in [7, 11) is 0. The molecular weight excluding hydrogens is 316 g/mol. The maximum absolute atomic E-state index is 12.1. The molecule has 0 aliphatic carbocycles. The summed E-state index contributed by atoms with van der Waals surface area (Å²) in [5, 5.41) is 21.6. The highest BCUT2D eigenvalue weighted by Crippen LogP contribution is 2.18. The zero-order valence-corrected chi connectivity index (χ0v) is 12.1. The van der Waals surface area contributed by atoms with Gasteiger partial charge in [-0.1, -0.05) is 12.1 Å². The zero-order valence-electron chi connectivity index (χ0n) is 12.1. The van der Waals surface area contributed by atoms with Crippen LogP contribution < -0.4 is 5.56 Å². The van der Waals surface area contributed by atoms with Gasteiger partial charge in [0.05, 0.1) is 20.9 Å². The van der Waals surface area contributed by atoms with E-state index >= 15 is 0 Å². The van der Waals surface area contributed by atoms with E-state index in [1.54, 1.807) is 6.07 Å². The molecule has 24 heavy (non-hydrogen) atoms. The molecule has 0 aliphatic heterocycles. The highest BCUT2D eigenvalue weighted by Gasteiger charge is 2.12. The fraction of sp³-hybridized carbons (Fsp3) is 0.0667. The van der Waals surface area contributed by atoms with Crippen molar-refractivity contribution >= 4 is 22.4 Å². The fourth-order valence-corrected chi connectivity index (χ4v) is 2.32. The summed E-state index contributed by atoms with van der Waals surface area (Å²) in [5.41, 5.74) is 0.708. The third-order valence-electron chi connectivity index (χ3n) is 3.45. The molecule has 9 heteroatoms. The number of H-pyrrole nitrogens is 1. The van der Waals surface area contributed by atoms with Crippen LogP contribution in [0.3, 0.4) is 0 Å². The van der Waals surface area contributed by atoms with E-state index in [0.29, 0.717) is 11.1 Å². The molecule has 9 nitrogen and oxygen atoms in total. The van der Waals surface area contributed by atoms with Crippen molar-refractivity contribution in [2.24, 2.45) is 0 Å². The molecule has 2 aromatic carbocycles. The topological polar surface area (TPSA) is 132 Å². The lowest BCUT2D eigenvalue weighted by Crippen LogP contribution is -2.15. The molecule has 0 unspecified atom stereocenters. The Morgan fingerprint density at radius 3 is 2.42 bits per heavy atom. The SMILES string of the molecule is O=c1[nH]c2cc([N+](=O)[O-])ccc2nc1Cc1cccc([N+](=O)[O-])c1. The van der Waals surface area contributed by atoms with E-state index in [9.17, 15) is 25.0 Å². The van der Waals surface area contributed by atoms with Crippen LogP contribution in [0.25, 0.3) is 11.0 Å². The van der Waals surface area contributed by atoms with Crippen LogP contribution >= 0.6 is 0 Å². The molecule has 0 saturated carbocycles. The Labute approximate surface area is 133 Å². The monoisotopic (exact) mass is 326 g/mol. The molecule has 120 valence electrons. The minimum atomic E-state index is -0.561. The minimum Gasteiger partial charge on any atom is -0.319 e. The van der Waals surface area contributed by atoms with Crippen molar-refractivity contribution in [2.45, 2.75) is 6.42 Å². The Hall–Kier alpha value is -3.62. The molecule has 0 spiro atoms. The lowest BCUT2D eigenvalue weighted by atomic mass is 10.1. The van der Waals surface area contributed by atoms with Gasteiger partial charge >= 0.3 is 0 Å². The normalized spacial score (nSPS) is 10.7. The average Bonchev–Trinajstić information content (AvgIpc) is 2.55. The summed E-state index contributed by atoms with van der Waals surface area (Å²) < 4.78 is 0. The lowest BCUT2D eigenvalue weighted by molar-refractivity contribution is -0.385. The smallest absolute Gasteiger partial charge is 0.271 e. The standard InChI is InChI=1S/C15H10N4O5/c20-15-14(7-9-2-1-3-10(6-9)18(21)22)16-12-5-4-11(19(23)24)8-13(12)17-15/h1-6,8H,7H2,(H,17,20). The zero-order chi connectivity index (χ0) is 17.3. The highest BCUT2D eigenvalue weighted by atomic mass is 16.6. The molecule has 3 rings (SSSR count). The van der Waals surface area contributed by atoms with Crippen molar-refractivity contribution in [2.75, 3.05) is 0 Å². The van der Waals surface area contributed by atoms with Crippen molar-refractivity contribution in [1.82, 2.24) is 9.97 Å². The van der Waals surface area contributed by atoms with Crippen LogP contribution in [0.1, 0.15) is 11.3 Å². The summed E-state index contributed by atoms with van der Waals surface area (Å²) in [6.07, 6.45) is 0.115. The minimum absolute atomic E-state index is 0.0691. The molecule has 0 saturated heterocycles. The summed E-state index contributed by atoms with van der Waals surface area (Å²) in [4.78, 5) is 39.4. The number of aromatic nitrogens is 2. The van der Waals surface area contributed by atoms with Crippen molar-refractivity contribution in [3.8, 4) is 0 Å². The third-order valence-corrected chi connectivity index (χ3v) is 3.45. The van der Waals surface area contributed by atoms with E-state index in [1.807, 2.05) is 0 Å². The number of hydrogen-bond acceptors (Lipinski definition) is 6. The largest absolute Gasteiger partial charge is 0.319 e. The summed E-state index contributed by atoms with van der Waals surface area (Å²) >= 11 is 0. The number of nitro groups is 2. The van der Waals surface area contributed by atoms with Crippen LogP contribution in [0.2, 0.25) is 0 Å². The highest BCUT2D eigenvalue weighted by molar-refractivity contribution is 5.76. The Morgan fingerprint density at radius 2 is 1.71 bits per heavy atom. The molecule has 1 aromatic heterocycles. The predicted molar refractivity (Wildman–Crippen MR) is 84.9 cm³/mol. The van der Waals surface area contributed by atoms with Crippen molar-refractivity contribution in [3.63, 3.8) is 0 Å². The van der Waals surface area contributed by atoms with Crippen molar-refractivity contribution in [1.29, 1.82) is 0 Å². The van der Waals surface area contributed by atoms with E-state index in [4.69, 9.17) is 0 Å². The van der Waals surface area contributed by atoms with Gasteiger partial charge in [0.2, 0.25) is 0 Å². The van der Waals surface area contributed by atoms with E-state index < -0.39 is 15.4 Å². The first kappa shape index (κ1) is 15.3. The van der Waals surface area contributed by atoms with Gasteiger partial charge in [-0.2, -0.15) is 0 Å². The number of rotatable bonds is 4.